The molecule has 21 heavy (non-hydrogen) atoms. The van der Waals surface area contributed by atoms with Crippen molar-refractivity contribution in [3.63, 3.8) is 0 Å². The lowest BCUT2D eigenvalue weighted by Crippen LogP contribution is -2.53. The van der Waals surface area contributed by atoms with E-state index in [-0.39, 0.29) is 28.5 Å². The van der Waals surface area contributed by atoms with Crippen molar-refractivity contribution in [2.24, 2.45) is 0 Å². The smallest absolute Gasteiger partial charge is 0.265 e. The number of aromatic hydroxyl groups is 2. The van der Waals surface area contributed by atoms with Gasteiger partial charge in [-0.15, -0.1) is 6.58 Å². The third-order valence-electron chi connectivity index (χ3n) is 2.84. The van der Waals surface area contributed by atoms with Crippen LogP contribution in [0, 0.1) is 0 Å². The van der Waals surface area contributed by atoms with Crippen molar-refractivity contribution < 1.29 is 19.8 Å². The number of thiocarbonyl (C=S) groups is 1. The Hall–Kier alpha value is -2.67. The molecule has 1 heterocycles. The van der Waals surface area contributed by atoms with E-state index < -0.39 is 17.6 Å². The van der Waals surface area contributed by atoms with Crippen LogP contribution in [0.5, 0.6) is 11.5 Å². The topological polar surface area (TPSA) is 89.9 Å². The summed E-state index contributed by atoms with van der Waals surface area (Å²) in [5.41, 5.74) is -0.0359. The van der Waals surface area contributed by atoms with Crippen molar-refractivity contribution in [1.82, 2.24) is 10.2 Å². The number of para-hydroxylation sites is 1. The first-order valence-electron chi connectivity index (χ1n) is 5.96. The number of phenolic OH excluding ortho intramolecular Hbond substituents is 2. The summed E-state index contributed by atoms with van der Waals surface area (Å²) in [4.78, 5) is 25.3. The Kier molecular flexibility index (Phi) is 4.04. The number of hydrogen-bond donors (Lipinski definition) is 3. The summed E-state index contributed by atoms with van der Waals surface area (Å²) >= 11 is 4.92. The molecule has 1 aromatic carbocycles. The third-order valence-corrected chi connectivity index (χ3v) is 3.17. The van der Waals surface area contributed by atoms with Gasteiger partial charge in [-0.2, -0.15) is 0 Å². The molecule has 3 N–H and O–H groups in total. The van der Waals surface area contributed by atoms with E-state index in [4.69, 9.17) is 12.2 Å². The maximum Gasteiger partial charge on any atom is 0.265 e. The summed E-state index contributed by atoms with van der Waals surface area (Å²) in [5.74, 6) is -2.00. The van der Waals surface area contributed by atoms with Gasteiger partial charge in [-0.25, -0.2) is 0 Å². The second-order valence-corrected chi connectivity index (χ2v) is 4.62. The normalized spacial score (nSPS) is 17.0. The van der Waals surface area contributed by atoms with Crippen LogP contribution in [-0.2, 0) is 9.59 Å². The number of phenols is 2. The second kappa shape index (κ2) is 5.76. The molecule has 0 saturated carbocycles. The highest BCUT2D eigenvalue weighted by molar-refractivity contribution is 7.80. The zero-order valence-electron chi connectivity index (χ0n) is 10.9. The molecule has 1 aliphatic heterocycles. The Morgan fingerprint density at radius 3 is 2.71 bits per heavy atom. The number of carbonyl (C=O) groups excluding carboxylic acids is 2. The molecule has 2 rings (SSSR count). The minimum absolute atomic E-state index is 0.00202. The van der Waals surface area contributed by atoms with Gasteiger partial charge < -0.3 is 10.2 Å². The molecule has 1 fully saturated rings. The standard InChI is InChI=1S/C14H12N2O4S/c1-2-6-16-13(20)9(12(19)15-14(16)21)7-8-4-3-5-10(17)11(8)18/h2-5,7,17-18H,1,6H2,(H,15,19,21)/b9-7+. The van der Waals surface area contributed by atoms with Crippen molar-refractivity contribution in [2.45, 2.75) is 0 Å². The van der Waals surface area contributed by atoms with E-state index >= 15 is 0 Å². The van der Waals surface area contributed by atoms with Crippen molar-refractivity contribution in [3.8, 4) is 11.5 Å². The lowest BCUT2D eigenvalue weighted by Gasteiger charge is -2.27. The molecule has 0 radical (unpaired) electrons. The van der Waals surface area contributed by atoms with E-state index in [1.54, 1.807) is 0 Å². The highest BCUT2D eigenvalue weighted by Gasteiger charge is 2.32. The molecular weight excluding hydrogens is 292 g/mol. The van der Waals surface area contributed by atoms with Crippen LogP contribution in [0.2, 0.25) is 0 Å². The fourth-order valence-electron chi connectivity index (χ4n) is 1.81. The molecule has 7 heteroatoms. The van der Waals surface area contributed by atoms with Crippen LogP contribution in [0.3, 0.4) is 0 Å². The van der Waals surface area contributed by atoms with E-state index in [0.717, 1.165) is 0 Å². The predicted molar refractivity (Wildman–Crippen MR) is 80.4 cm³/mol. The maximum atomic E-state index is 12.3. The van der Waals surface area contributed by atoms with Gasteiger partial charge in [0.1, 0.15) is 5.57 Å². The van der Waals surface area contributed by atoms with Gasteiger partial charge in [-0.3, -0.25) is 19.8 Å². The fourth-order valence-corrected chi connectivity index (χ4v) is 2.06. The van der Waals surface area contributed by atoms with Crippen LogP contribution < -0.4 is 5.32 Å². The van der Waals surface area contributed by atoms with Crippen molar-refractivity contribution >= 4 is 35.2 Å². The van der Waals surface area contributed by atoms with Gasteiger partial charge in [0.25, 0.3) is 11.8 Å². The summed E-state index contributed by atoms with van der Waals surface area (Å²) in [7, 11) is 0. The van der Waals surface area contributed by atoms with Crippen LogP contribution in [0.15, 0.2) is 36.4 Å². The summed E-state index contributed by atoms with van der Waals surface area (Å²) in [6, 6.07) is 4.24. The van der Waals surface area contributed by atoms with Crippen molar-refractivity contribution in [2.75, 3.05) is 6.54 Å². The van der Waals surface area contributed by atoms with Crippen LogP contribution in [0.1, 0.15) is 5.56 Å². The minimum Gasteiger partial charge on any atom is -0.504 e. The first kappa shape index (κ1) is 14.7. The largest absolute Gasteiger partial charge is 0.504 e. The Balaban J connectivity index is 2.45. The van der Waals surface area contributed by atoms with E-state index in [0.29, 0.717) is 0 Å². The highest BCUT2D eigenvalue weighted by atomic mass is 32.1. The van der Waals surface area contributed by atoms with E-state index in [2.05, 4.69) is 11.9 Å². The van der Waals surface area contributed by atoms with Gasteiger partial charge in [0, 0.05) is 12.1 Å². The molecule has 0 atom stereocenters. The molecule has 0 spiro atoms. The zero-order valence-corrected chi connectivity index (χ0v) is 11.7. The van der Waals surface area contributed by atoms with E-state index in [9.17, 15) is 19.8 Å². The van der Waals surface area contributed by atoms with Crippen molar-refractivity contribution in [1.29, 1.82) is 0 Å². The zero-order chi connectivity index (χ0) is 15.6. The van der Waals surface area contributed by atoms with Crippen LogP contribution in [0.4, 0.5) is 0 Å². The summed E-state index contributed by atoms with van der Waals surface area (Å²) in [6.07, 6.45) is 2.68. The number of nitrogens with one attached hydrogen (secondary N) is 1. The highest BCUT2D eigenvalue weighted by Crippen LogP contribution is 2.30. The molecule has 1 aromatic rings. The second-order valence-electron chi connectivity index (χ2n) is 4.24. The fraction of sp³-hybridized carbons (Fsp3) is 0.0714. The number of amides is 2. The quantitative estimate of drug-likeness (QED) is 0.254. The minimum atomic E-state index is -0.659. The first-order valence-corrected chi connectivity index (χ1v) is 6.37. The average molecular weight is 304 g/mol. The van der Waals surface area contributed by atoms with Gasteiger partial charge in [0.15, 0.2) is 16.6 Å². The summed E-state index contributed by atoms with van der Waals surface area (Å²) in [5, 5.41) is 21.5. The van der Waals surface area contributed by atoms with Gasteiger partial charge in [0.05, 0.1) is 0 Å². The molecule has 0 aliphatic carbocycles. The number of benzene rings is 1. The molecule has 0 bridgehead atoms. The maximum absolute atomic E-state index is 12.3. The number of nitrogens with zero attached hydrogens (tertiary/aromatic N) is 1. The molecule has 1 saturated heterocycles. The number of carbonyl (C=O) groups is 2. The molecule has 108 valence electrons. The van der Waals surface area contributed by atoms with E-state index in [1.807, 2.05) is 0 Å². The Labute approximate surface area is 126 Å². The Morgan fingerprint density at radius 2 is 2.05 bits per heavy atom. The van der Waals surface area contributed by atoms with Gasteiger partial charge in [0.2, 0.25) is 0 Å². The number of rotatable bonds is 3. The van der Waals surface area contributed by atoms with E-state index in [1.165, 1.54) is 35.3 Å². The molecule has 0 aromatic heterocycles. The Bertz CT molecular complexity index is 682. The van der Waals surface area contributed by atoms with Gasteiger partial charge in [-0.1, -0.05) is 18.2 Å². The molecule has 1 aliphatic rings. The molecule has 2 amide bonds. The monoisotopic (exact) mass is 304 g/mol. The molecular formula is C14H12N2O4S. The predicted octanol–water partition coefficient (Wildman–Crippen LogP) is 0.910. The molecule has 6 nitrogen and oxygen atoms in total. The SMILES string of the molecule is C=CCN1C(=O)/C(=C/c2cccc(O)c2O)C(=O)NC1=S. The van der Waals surface area contributed by atoms with Crippen LogP contribution in [0.25, 0.3) is 6.08 Å². The first-order chi connectivity index (χ1) is 9.95. The summed E-state index contributed by atoms with van der Waals surface area (Å²) < 4.78 is 0. The number of hydrogen-bond acceptors (Lipinski definition) is 5. The van der Waals surface area contributed by atoms with Crippen molar-refractivity contribution in [3.05, 3.63) is 42.0 Å². The van der Waals surface area contributed by atoms with Gasteiger partial charge >= 0.3 is 0 Å². The Morgan fingerprint density at radius 1 is 1.33 bits per heavy atom. The lowest BCUT2D eigenvalue weighted by molar-refractivity contribution is -0.128. The van der Waals surface area contributed by atoms with Gasteiger partial charge in [-0.05, 0) is 24.4 Å². The van der Waals surface area contributed by atoms with Crippen LogP contribution >= 0.6 is 12.2 Å². The summed E-state index contributed by atoms with van der Waals surface area (Å²) in [6.45, 7) is 3.67. The average Bonchev–Trinajstić information content (AvgIpc) is 2.44. The molecule has 0 unspecified atom stereocenters. The van der Waals surface area contributed by atoms with Crippen LogP contribution in [-0.4, -0.2) is 38.6 Å². The third kappa shape index (κ3) is 2.77. The lowest BCUT2D eigenvalue weighted by atomic mass is 10.1.